The molecule has 1 fully saturated rings. The van der Waals surface area contributed by atoms with Crippen LogP contribution >= 0.6 is 0 Å². The average Bonchev–Trinajstić information content (AvgIpc) is 2.94. The first kappa shape index (κ1) is 12.0. The number of aryl methyl sites for hydroxylation is 3. The Hall–Kier alpha value is -1.04. The van der Waals surface area contributed by atoms with Crippen LogP contribution in [0.4, 0.5) is 0 Å². The Morgan fingerprint density at radius 2 is 1.40 bits per heavy atom. The number of hydrogen-bond acceptors (Lipinski definition) is 0. The summed E-state index contributed by atoms with van der Waals surface area (Å²) in [6, 6.07) is 4.71. The van der Waals surface area contributed by atoms with Crippen molar-refractivity contribution in [2.75, 3.05) is 0 Å². The van der Waals surface area contributed by atoms with E-state index in [9.17, 15) is 0 Å². The normalized spacial score (nSPS) is 16.5. The van der Waals surface area contributed by atoms with Crippen LogP contribution in [0.3, 0.4) is 0 Å². The van der Waals surface area contributed by atoms with Gasteiger partial charge in [0.25, 0.3) is 0 Å². The Bertz CT molecular complexity index is 357. The highest BCUT2D eigenvalue weighted by atomic mass is 14.4. The van der Waals surface area contributed by atoms with Gasteiger partial charge in [-0.2, -0.15) is 0 Å². The second-order valence-corrected chi connectivity index (χ2v) is 4.81. The largest absolute Gasteiger partial charge is 0.106 e. The molecule has 1 saturated carbocycles. The molecule has 0 amide bonds. The van der Waals surface area contributed by atoms with E-state index >= 15 is 0 Å². The molecule has 1 aromatic carbocycles. The molecule has 0 bridgehead atoms. The molecule has 1 aromatic rings. The van der Waals surface area contributed by atoms with Gasteiger partial charge < -0.3 is 0 Å². The molecule has 1 aliphatic carbocycles. The fourth-order valence-corrected chi connectivity index (χ4v) is 2.07. The second kappa shape index (κ2) is 4.22. The van der Waals surface area contributed by atoms with E-state index in [0.29, 0.717) is 5.41 Å². The molecule has 0 heteroatoms. The minimum Gasteiger partial charge on any atom is -0.106 e. The van der Waals surface area contributed by atoms with Crippen molar-refractivity contribution >= 4 is 0 Å². The maximum absolute atomic E-state index is 3.00. The molecule has 0 aromatic heterocycles. The fraction of sp³-hybridized carbons (Fsp3) is 0.467. The minimum absolute atomic E-state index is 0.516. The van der Waals surface area contributed by atoms with Gasteiger partial charge in [0.1, 0.15) is 0 Å². The van der Waals surface area contributed by atoms with Crippen molar-refractivity contribution in [3.63, 3.8) is 0 Å². The van der Waals surface area contributed by atoms with Gasteiger partial charge in [-0.3, -0.25) is 0 Å². The van der Waals surface area contributed by atoms with Gasteiger partial charge in [-0.1, -0.05) is 19.1 Å². The third-order valence-corrected chi connectivity index (χ3v) is 3.49. The third-order valence-electron chi connectivity index (χ3n) is 3.49. The topological polar surface area (TPSA) is 0 Å². The van der Waals surface area contributed by atoms with E-state index in [1.54, 1.807) is 5.56 Å². The third kappa shape index (κ3) is 2.31. The molecule has 1 aliphatic rings. The standard InChI is InChI=1S/C13H18.C2H4/c1-9-7-11(3)12(8-10(9)2)13(4)5-6-13;1-2/h7-8H,5-6H2,1-4H3;1-2H2. The van der Waals surface area contributed by atoms with E-state index in [4.69, 9.17) is 0 Å². The highest BCUT2D eigenvalue weighted by molar-refractivity contribution is 5.43. The summed E-state index contributed by atoms with van der Waals surface area (Å²) in [4.78, 5) is 0. The molecule has 0 unspecified atom stereocenters. The smallest absolute Gasteiger partial charge is 0.00719 e. The molecule has 0 atom stereocenters. The van der Waals surface area contributed by atoms with Gasteiger partial charge in [0.15, 0.2) is 0 Å². The molecular weight excluding hydrogens is 180 g/mol. The molecule has 0 saturated heterocycles. The lowest BCUT2D eigenvalue weighted by Crippen LogP contribution is -2.03. The van der Waals surface area contributed by atoms with Crippen LogP contribution in [-0.2, 0) is 5.41 Å². The lowest BCUT2D eigenvalue weighted by molar-refractivity contribution is 0.777. The Morgan fingerprint density at radius 1 is 0.933 bits per heavy atom. The average molecular weight is 202 g/mol. The van der Waals surface area contributed by atoms with Crippen molar-refractivity contribution in [1.82, 2.24) is 0 Å². The zero-order valence-corrected chi connectivity index (χ0v) is 10.5. The number of benzene rings is 1. The van der Waals surface area contributed by atoms with E-state index in [1.807, 2.05) is 0 Å². The Balaban J connectivity index is 0.000000531. The van der Waals surface area contributed by atoms with Crippen LogP contribution < -0.4 is 0 Å². The SMILES string of the molecule is C=C.Cc1cc(C)c(C2(C)CC2)cc1C. The maximum atomic E-state index is 3.00. The molecule has 0 nitrogen and oxygen atoms in total. The molecule has 15 heavy (non-hydrogen) atoms. The second-order valence-electron chi connectivity index (χ2n) is 4.81. The summed E-state index contributed by atoms with van der Waals surface area (Å²) in [5, 5.41) is 0. The van der Waals surface area contributed by atoms with Gasteiger partial charge >= 0.3 is 0 Å². The van der Waals surface area contributed by atoms with Crippen molar-refractivity contribution in [3.05, 3.63) is 47.5 Å². The quantitative estimate of drug-likeness (QED) is 0.590. The summed E-state index contributed by atoms with van der Waals surface area (Å²) in [6.45, 7) is 15.0. The Labute approximate surface area is 94.0 Å². The van der Waals surface area contributed by atoms with Crippen LogP contribution in [0.5, 0.6) is 0 Å². The van der Waals surface area contributed by atoms with Crippen LogP contribution in [0.15, 0.2) is 25.3 Å². The van der Waals surface area contributed by atoms with Gasteiger partial charge in [-0.15, -0.1) is 13.2 Å². The highest BCUT2D eigenvalue weighted by Crippen LogP contribution is 2.49. The van der Waals surface area contributed by atoms with Gasteiger partial charge in [-0.25, -0.2) is 0 Å². The molecule has 0 heterocycles. The fourth-order valence-electron chi connectivity index (χ4n) is 2.07. The zero-order valence-electron chi connectivity index (χ0n) is 10.5. The van der Waals surface area contributed by atoms with Gasteiger partial charge in [0.2, 0.25) is 0 Å². The van der Waals surface area contributed by atoms with E-state index in [0.717, 1.165) is 0 Å². The lowest BCUT2D eigenvalue weighted by Gasteiger charge is -2.15. The van der Waals surface area contributed by atoms with Crippen molar-refractivity contribution in [2.24, 2.45) is 0 Å². The molecule has 0 N–H and O–H groups in total. The van der Waals surface area contributed by atoms with Crippen molar-refractivity contribution in [2.45, 2.75) is 46.0 Å². The number of hydrogen-bond donors (Lipinski definition) is 0. The van der Waals surface area contributed by atoms with Gasteiger partial charge in [0.05, 0.1) is 0 Å². The summed E-state index contributed by atoms with van der Waals surface area (Å²) >= 11 is 0. The monoisotopic (exact) mass is 202 g/mol. The highest BCUT2D eigenvalue weighted by Gasteiger charge is 2.39. The van der Waals surface area contributed by atoms with Crippen molar-refractivity contribution in [3.8, 4) is 0 Å². The minimum atomic E-state index is 0.516. The molecule has 2 rings (SSSR count). The molecular formula is C15H22. The Kier molecular flexibility index (Phi) is 3.38. The summed E-state index contributed by atoms with van der Waals surface area (Å²) in [7, 11) is 0. The summed E-state index contributed by atoms with van der Waals surface area (Å²) in [5.41, 5.74) is 6.43. The first-order valence-electron chi connectivity index (χ1n) is 5.61. The molecule has 82 valence electrons. The maximum Gasteiger partial charge on any atom is -0.00719 e. The van der Waals surface area contributed by atoms with Crippen LogP contribution in [-0.4, -0.2) is 0 Å². The van der Waals surface area contributed by atoms with Crippen LogP contribution in [0, 0.1) is 20.8 Å². The zero-order chi connectivity index (χ0) is 11.6. The number of rotatable bonds is 1. The summed E-state index contributed by atoms with van der Waals surface area (Å²) in [6.07, 6.45) is 2.74. The van der Waals surface area contributed by atoms with Crippen molar-refractivity contribution in [1.29, 1.82) is 0 Å². The molecule has 0 radical (unpaired) electrons. The van der Waals surface area contributed by atoms with Crippen LogP contribution in [0.2, 0.25) is 0 Å². The molecule has 0 aliphatic heterocycles. The Morgan fingerprint density at radius 3 is 1.87 bits per heavy atom. The van der Waals surface area contributed by atoms with Crippen molar-refractivity contribution < 1.29 is 0 Å². The predicted octanol–water partition coefficient (Wildman–Crippen LogP) is 4.47. The first-order chi connectivity index (χ1) is 7.03. The van der Waals surface area contributed by atoms with E-state index in [2.05, 4.69) is 53.0 Å². The molecule has 0 spiro atoms. The van der Waals surface area contributed by atoms with E-state index < -0.39 is 0 Å². The summed E-state index contributed by atoms with van der Waals surface area (Å²) in [5.74, 6) is 0. The van der Waals surface area contributed by atoms with Gasteiger partial charge in [-0.05, 0) is 61.3 Å². The predicted molar refractivity (Wildman–Crippen MR) is 68.5 cm³/mol. The van der Waals surface area contributed by atoms with Crippen LogP contribution in [0.25, 0.3) is 0 Å². The lowest BCUT2D eigenvalue weighted by atomic mass is 9.90. The van der Waals surface area contributed by atoms with E-state index in [-0.39, 0.29) is 0 Å². The van der Waals surface area contributed by atoms with Crippen LogP contribution in [0.1, 0.15) is 42.0 Å². The van der Waals surface area contributed by atoms with E-state index in [1.165, 1.54) is 29.5 Å². The summed E-state index contributed by atoms with van der Waals surface area (Å²) < 4.78 is 0. The van der Waals surface area contributed by atoms with Gasteiger partial charge in [0, 0.05) is 0 Å². The first-order valence-corrected chi connectivity index (χ1v) is 5.61.